The van der Waals surface area contributed by atoms with Gasteiger partial charge in [-0.15, -0.1) is 0 Å². The van der Waals surface area contributed by atoms with E-state index in [1.807, 2.05) is 0 Å². The molecule has 15 heavy (non-hydrogen) atoms. The number of aliphatic hydroxyl groups excluding tert-OH is 2. The topological polar surface area (TPSA) is 60.7 Å². The third kappa shape index (κ3) is 2.19. The summed E-state index contributed by atoms with van der Waals surface area (Å²) in [6.45, 7) is 5.78. The summed E-state index contributed by atoms with van der Waals surface area (Å²) < 4.78 is 0. The lowest BCUT2D eigenvalue weighted by atomic mass is 9.61. The van der Waals surface area contributed by atoms with Gasteiger partial charge in [-0.2, -0.15) is 0 Å². The Morgan fingerprint density at radius 1 is 1.20 bits per heavy atom. The van der Waals surface area contributed by atoms with Crippen molar-refractivity contribution in [1.82, 2.24) is 0 Å². The lowest BCUT2D eigenvalue weighted by Crippen LogP contribution is -2.56. The lowest BCUT2D eigenvalue weighted by molar-refractivity contribution is -0.164. The first-order valence-corrected chi connectivity index (χ1v) is 6.00. The van der Waals surface area contributed by atoms with Crippen molar-refractivity contribution >= 4 is 0 Å². The van der Waals surface area contributed by atoms with Gasteiger partial charge in [-0.1, -0.05) is 26.7 Å². The highest BCUT2D eigenvalue weighted by Crippen LogP contribution is 2.44. The van der Waals surface area contributed by atoms with Crippen molar-refractivity contribution in [1.29, 1.82) is 0 Å². The van der Waals surface area contributed by atoms with Crippen LogP contribution in [0.5, 0.6) is 0 Å². The fourth-order valence-corrected chi connectivity index (χ4v) is 3.28. The van der Waals surface area contributed by atoms with E-state index in [1.54, 1.807) is 6.92 Å². The van der Waals surface area contributed by atoms with E-state index in [4.69, 9.17) is 0 Å². The molecule has 90 valence electrons. The molecule has 0 bridgehead atoms. The molecule has 1 aliphatic rings. The van der Waals surface area contributed by atoms with Crippen LogP contribution in [-0.4, -0.2) is 33.6 Å². The Hall–Kier alpha value is -0.120. The molecular weight excluding hydrogens is 192 g/mol. The van der Waals surface area contributed by atoms with E-state index in [-0.39, 0.29) is 12.5 Å². The number of hydrogen-bond donors (Lipinski definition) is 3. The second-order valence-corrected chi connectivity index (χ2v) is 5.00. The summed E-state index contributed by atoms with van der Waals surface area (Å²) in [4.78, 5) is 0. The Morgan fingerprint density at radius 3 is 2.20 bits per heavy atom. The standard InChI is InChI=1S/C12H24O3/c1-4-8-6-11(14)10(7-13)12(3,15)9(8)5-2/h8-11,13-15H,4-7H2,1-3H3/t8?,9?,10?,11?,12-/m1/s1. The molecule has 0 amide bonds. The third-order valence-electron chi connectivity index (χ3n) is 4.24. The molecule has 1 aliphatic carbocycles. The van der Waals surface area contributed by atoms with Crippen molar-refractivity contribution in [3.8, 4) is 0 Å². The second-order valence-electron chi connectivity index (χ2n) is 5.00. The average molecular weight is 216 g/mol. The lowest BCUT2D eigenvalue weighted by Gasteiger charge is -2.49. The Balaban J connectivity index is 2.92. The van der Waals surface area contributed by atoms with Crippen LogP contribution in [0.25, 0.3) is 0 Å². The monoisotopic (exact) mass is 216 g/mol. The summed E-state index contributed by atoms with van der Waals surface area (Å²) in [6, 6.07) is 0. The van der Waals surface area contributed by atoms with Crippen molar-refractivity contribution in [2.24, 2.45) is 17.8 Å². The van der Waals surface area contributed by atoms with Crippen LogP contribution in [0.15, 0.2) is 0 Å². The van der Waals surface area contributed by atoms with Crippen LogP contribution in [0.3, 0.4) is 0 Å². The first kappa shape index (κ1) is 12.9. The summed E-state index contributed by atoms with van der Waals surface area (Å²) in [7, 11) is 0. The van der Waals surface area contributed by atoms with Crippen LogP contribution in [0.4, 0.5) is 0 Å². The van der Waals surface area contributed by atoms with Crippen molar-refractivity contribution in [2.45, 2.75) is 51.7 Å². The summed E-state index contributed by atoms with van der Waals surface area (Å²) in [5.41, 5.74) is -0.943. The van der Waals surface area contributed by atoms with Gasteiger partial charge in [0.15, 0.2) is 0 Å². The van der Waals surface area contributed by atoms with Gasteiger partial charge in [-0.3, -0.25) is 0 Å². The first-order chi connectivity index (χ1) is 6.98. The molecule has 0 aromatic rings. The summed E-state index contributed by atoms with van der Waals surface area (Å²) in [6.07, 6.45) is 2.01. The maximum absolute atomic E-state index is 10.4. The molecule has 3 nitrogen and oxygen atoms in total. The highest BCUT2D eigenvalue weighted by Gasteiger charge is 2.49. The van der Waals surface area contributed by atoms with E-state index in [0.29, 0.717) is 12.3 Å². The van der Waals surface area contributed by atoms with Crippen LogP contribution in [0.1, 0.15) is 40.0 Å². The molecule has 1 fully saturated rings. The van der Waals surface area contributed by atoms with E-state index in [2.05, 4.69) is 13.8 Å². The maximum Gasteiger partial charge on any atom is 0.0725 e. The summed E-state index contributed by atoms with van der Waals surface area (Å²) >= 11 is 0. The molecule has 0 heterocycles. The SMILES string of the molecule is CCC1CC(O)C(CO)[C@](C)(O)C1CC. The van der Waals surface area contributed by atoms with Crippen LogP contribution in [0, 0.1) is 17.8 Å². The molecule has 0 spiro atoms. The van der Waals surface area contributed by atoms with Gasteiger partial charge in [0, 0.05) is 5.92 Å². The molecule has 0 aromatic carbocycles. The van der Waals surface area contributed by atoms with Gasteiger partial charge in [0.1, 0.15) is 0 Å². The molecule has 5 atom stereocenters. The van der Waals surface area contributed by atoms with Crippen LogP contribution in [0.2, 0.25) is 0 Å². The number of hydrogen-bond acceptors (Lipinski definition) is 3. The molecule has 4 unspecified atom stereocenters. The zero-order valence-corrected chi connectivity index (χ0v) is 9.98. The number of rotatable bonds is 3. The largest absolute Gasteiger partial charge is 0.396 e. The molecule has 0 saturated heterocycles. The fourth-order valence-electron chi connectivity index (χ4n) is 3.28. The van der Waals surface area contributed by atoms with Gasteiger partial charge in [-0.25, -0.2) is 0 Å². The predicted octanol–water partition coefficient (Wildman–Crippen LogP) is 1.16. The average Bonchev–Trinajstić information content (AvgIpc) is 2.16. The normalized spacial score (nSPS) is 46.8. The molecular formula is C12H24O3. The maximum atomic E-state index is 10.4. The number of aliphatic hydroxyl groups is 3. The Labute approximate surface area is 92.1 Å². The molecule has 3 heteroatoms. The molecule has 1 rings (SSSR count). The smallest absolute Gasteiger partial charge is 0.0725 e. The zero-order valence-electron chi connectivity index (χ0n) is 9.98. The molecule has 1 saturated carbocycles. The van der Waals surface area contributed by atoms with Crippen molar-refractivity contribution in [3.05, 3.63) is 0 Å². The van der Waals surface area contributed by atoms with E-state index >= 15 is 0 Å². The Bertz CT molecular complexity index is 203. The first-order valence-electron chi connectivity index (χ1n) is 6.00. The van der Waals surface area contributed by atoms with Crippen molar-refractivity contribution in [3.63, 3.8) is 0 Å². The van der Waals surface area contributed by atoms with E-state index in [0.717, 1.165) is 12.8 Å². The summed E-state index contributed by atoms with van der Waals surface area (Å²) in [5, 5.41) is 29.6. The quantitative estimate of drug-likeness (QED) is 0.663. The van der Waals surface area contributed by atoms with Gasteiger partial charge in [0.05, 0.1) is 18.3 Å². The van der Waals surface area contributed by atoms with E-state index in [1.165, 1.54) is 0 Å². The van der Waals surface area contributed by atoms with Crippen LogP contribution in [-0.2, 0) is 0 Å². The molecule has 3 N–H and O–H groups in total. The zero-order chi connectivity index (χ0) is 11.6. The van der Waals surface area contributed by atoms with E-state index < -0.39 is 17.6 Å². The van der Waals surface area contributed by atoms with E-state index in [9.17, 15) is 15.3 Å². The molecule has 0 aliphatic heterocycles. The minimum Gasteiger partial charge on any atom is -0.396 e. The predicted molar refractivity (Wildman–Crippen MR) is 59.4 cm³/mol. The minimum atomic E-state index is -0.943. The fraction of sp³-hybridized carbons (Fsp3) is 1.00. The van der Waals surface area contributed by atoms with Gasteiger partial charge in [-0.05, 0) is 25.2 Å². The highest BCUT2D eigenvalue weighted by molar-refractivity contribution is 4.99. The van der Waals surface area contributed by atoms with Crippen molar-refractivity contribution < 1.29 is 15.3 Å². The summed E-state index contributed by atoms with van der Waals surface area (Å²) in [5.74, 6) is 0.149. The molecule has 0 aromatic heterocycles. The minimum absolute atomic E-state index is 0.138. The van der Waals surface area contributed by atoms with Crippen LogP contribution < -0.4 is 0 Å². The third-order valence-corrected chi connectivity index (χ3v) is 4.24. The van der Waals surface area contributed by atoms with Crippen molar-refractivity contribution in [2.75, 3.05) is 6.61 Å². The van der Waals surface area contributed by atoms with Gasteiger partial charge in [0.25, 0.3) is 0 Å². The van der Waals surface area contributed by atoms with Gasteiger partial charge < -0.3 is 15.3 Å². The highest BCUT2D eigenvalue weighted by atomic mass is 16.3. The van der Waals surface area contributed by atoms with Crippen LogP contribution >= 0.6 is 0 Å². The Kier molecular flexibility index (Phi) is 4.15. The Morgan fingerprint density at radius 2 is 1.80 bits per heavy atom. The molecule has 0 radical (unpaired) electrons. The van der Waals surface area contributed by atoms with Gasteiger partial charge >= 0.3 is 0 Å². The second kappa shape index (κ2) is 4.81. The van der Waals surface area contributed by atoms with Gasteiger partial charge in [0.2, 0.25) is 0 Å².